The molecule has 2 heterocycles. The lowest BCUT2D eigenvalue weighted by molar-refractivity contribution is -0.127. The van der Waals surface area contributed by atoms with Crippen molar-refractivity contribution in [3.05, 3.63) is 77.9 Å². The molecule has 1 fully saturated rings. The summed E-state index contributed by atoms with van der Waals surface area (Å²) in [6.07, 6.45) is -1.08. The number of rotatable bonds is 9. The molecular weight excluding hydrogens is 582 g/mol. The maximum atomic E-state index is 13.6. The predicted octanol–water partition coefficient (Wildman–Crippen LogP) is 2.48. The van der Waals surface area contributed by atoms with Crippen LogP contribution in [-0.4, -0.2) is 79.2 Å². The highest BCUT2D eigenvalue weighted by atomic mass is 32.2. The Morgan fingerprint density at radius 3 is 2.19 bits per heavy atom. The Bertz CT molecular complexity index is 1640. The van der Waals surface area contributed by atoms with Crippen molar-refractivity contribution < 1.29 is 35.8 Å². The van der Waals surface area contributed by atoms with E-state index in [9.17, 15) is 21.6 Å². The highest BCUT2D eigenvalue weighted by Crippen LogP contribution is 2.37. The van der Waals surface area contributed by atoms with Crippen molar-refractivity contribution in [1.82, 2.24) is 9.62 Å². The zero-order valence-electron chi connectivity index (χ0n) is 23.4. The van der Waals surface area contributed by atoms with E-state index in [1.807, 2.05) is 13.8 Å². The molecule has 5 rings (SSSR count). The number of hydrogen-bond donors (Lipinski definition) is 1. The summed E-state index contributed by atoms with van der Waals surface area (Å²) in [5, 5.41) is 2.74. The van der Waals surface area contributed by atoms with Crippen LogP contribution in [0.15, 0.2) is 76.5 Å². The number of ether oxygens (including phenoxy) is 3. The number of nitrogens with zero attached hydrogens (tertiary/aromatic N) is 2. The van der Waals surface area contributed by atoms with Crippen LogP contribution in [0.5, 0.6) is 11.5 Å². The van der Waals surface area contributed by atoms with Crippen LogP contribution in [0.2, 0.25) is 0 Å². The van der Waals surface area contributed by atoms with Gasteiger partial charge in [0.25, 0.3) is 15.9 Å². The Labute approximate surface area is 246 Å². The van der Waals surface area contributed by atoms with Gasteiger partial charge in [-0.3, -0.25) is 9.10 Å². The lowest BCUT2D eigenvalue weighted by Gasteiger charge is -2.35. The zero-order chi connectivity index (χ0) is 29.9. The van der Waals surface area contributed by atoms with Gasteiger partial charge in [0.2, 0.25) is 10.0 Å². The predicted molar refractivity (Wildman–Crippen MR) is 156 cm³/mol. The van der Waals surface area contributed by atoms with Crippen molar-refractivity contribution in [2.24, 2.45) is 0 Å². The second-order valence-corrected chi connectivity index (χ2v) is 13.9. The normalized spacial score (nSPS) is 17.7. The van der Waals surface area contributed by atoms with Gasteiger partial charge < -0.3 is 19.5 Å². The third kappa shape index (κ3) is 6.38. The van der Waals surface area contributed by atoms with Crippen LogP contribution in [-0.2, 0) is 29.6 Å². The monoisotopic (exact) mass is 615 g/mol. The van der Waals surface area contributed by atoms with Gasteiger partial charge in [-0.2, -0.15) is 4.31 Å². The van der Waals surface area contributed by atoms with Crippen molar-refractivity contribution in [3.8, 4) is 11.5 Å². The Balaban J connectivity index is 1.20. The summed E-state index contributed by atoms with van der Waals surface area (Å²) in [6.45, 7) is 5.12. The summed E-state index contributed by atoms with van der Waals surface area (Å²) in [4.78, 5) is 13.4. The minimum Gasteiger partial charge on any atom is -0.492 e. The summed E-state index contributed by atoms with van der Waals surface area (Å²) >= 11 is 0. The van der Waals surface area contributed by atoms with Crippen LogP contribution in [0.1, 0.15) is 11.1 Å². The fraction of sp³-hybridized carbons (Fsp3) is 0.345. The first-order valence-corrected chi connectivity index (χ1v) is 16.4. The molecule has 0 spiro atoms. The minimum atomic E-state index is -3.96. The first-order valence-electron chi connectivity index (χ1n) is 13.5. The molecule has 3 aromatic rings. The van der Waals surface area contributed by atoms with E-state index in [2.05, 4.69) is 5.32 Å². The van der Waals surface area contributed by atoms with E-state index in [0.717, 1.165) is 11.1 Å². The van der Waals surface area contributed by atoms with Crippen LogP contribution in [0.25, 0.3) is 0 Å². The van der Waals surface area contributed by atoms with E-state index >= 15 is 0 Å². The summed E-state index contributed by atoms with van der Waals surface area (Å²) in [7, 11) is -7.56. The number of aryl methyl sites for hydroxylation is 2. The Kier molecular flexibility index (Phi) is 8.73. The number of amides is 1. The first kappa shape index (κ1) is 29.8. The summed E-state index contributed by atoms with van der Waals surface area (Å²) in [5.41, 5.74) is 2.16. The number of benzene rings is 3. The van der Waals surface area contributed by atoms with Crippen molar-refractivity contribution in [2.45, 2.75) is 29.7 Å². The van der Waals surface area contributed by atoms with Gasteiger partial charge in [0.05, 0.1) is 41.8 Å². The minimum absolute atomic E-state index is 0.106. The Hall–Kier alpha value is -3.65. The van der Waals surface area contributed by atoms with E-state index in [4.69, 9.17) is 14.2 Å². The molecule has 1 saturated heterocycles. The summed E-state index contributed by atoms with van der Waals surface area (Å²) < 4.78 is 72.2. The van der Waals surface area contributed by atoms with Crippen LogP contribution in [0.3, 0.4) is 0 Å². The maximum Gasteiger partial charge on any atom is 0.264 e. The van der Waals surface area contributed by atoms with Crippen molar-refractivity contribution in [3.63, 3.8) is 0 Å². The van der Waals surface area contributed by atoms with Gasteiger partial charge in [-0.05, 0) is 67.9 Å². The molecule has 0 radical (unpaired) electrons. The number of sulfonamides is 2. The smallest absolute Gasteiger partial charge is 0.264 e. The van der Waals surface area contributed by atoms with Crippen molar-refractivity contribution in [1.29, 1.82) is 0 Å². The summed E-state index contributed by atoms with van der Waals surface area (Å²) in [5.74, 6) is 0.265. The molecule has 1 amide bonds. The molecule has 2 aliphatic heterocycles. The molecule has 0 saturated carbocycles. The molecule has 3 aromatic carbocycles. The average Bonchev–Trinajstić information content (AvgIpc) is 2.99. The molecular formula is C29H33N3O8S2. The lowest BCUT2D eigenvalue weighted by atomic mass is 10.1. The number of morpholine rings is 1. The first-order chi connectivity index (χ1) is 20.1. The standard InChI is InChI=1S/C29H33N3O8S2/c1-21-3-8-25(9-4-21)42(36,37)32-20-28(40-27-19-22(2)5-12-26(27)32)29(33)30-13-16-39-23-6-10-24(11-7-23)41(34,35)31-14-17-38-18-15-31/h3-12,19,28H,13-18,20H2,1-2H3,(H,30,33)/t28-/m0/s1. The van der Waals surface area contributed by atoms with Gasteiger partial charge in [0.1, 0.15) is 18.1 Å². The fourth-order valence-electron chi connectivity index (χ4n) is 4.66. The second kappa shape index (κ2) is 12.3. The van der Waals surface area contributed by atoms with Crippen molar-refractivity contribution >= 4 is 31.6 Å². The topological polar surface area (TPSA) is 132 Å². The van der Waals surface area contributed by atoms with Gasteiger partial charge in [0.15, 0.2) is 6.10 Å². The Morgan fingerprint density at radius 1 is 0.881 bits per heavy atom. The highest BCUT2D eigenvalue weighted by Gasteiger charge is 2.37. The Morgan fingerprint density at radius 2 is 1.50 bits per heavy atom. The number of fused-ring (bicyclic) bond motifs is 1. The second-order valence-electron chi connectivity index (χ2n) is 10.1. The molecule has 224 valence electrons. The quantitative estimate of drug-likeness (QED) is 0.364. The number of carbonyl (C=O) groups excluding carboxylic acids is 1. The van der Waals surface area contributed by atoms with Crippen LogP contribution in [0, 0.1) is 13.8 Å². The molecule has 13 heteroatoms. The molecule has 0 bridgehead atoms. The molecule has 42 heavy (non-hydrogen) atoms. The third-order valence-electron chi connectivity index (χ3n) is 6.99. The average molecular weight is 616 g/mol. The van der Waals surface area contributed by atoms with Crippen LogP contribution in [0.4, 0.5) is 5.69 Å². The van der Waals surface area contributed by atoms with Gasteiger partial charge in [-0.25, -0.2) is 16.8 Å². The van der Waals surface area contributed by atoms with Crippen molar-refractivity contribution in [2.75, 3.05) is 50.3 Å². The third-order valence-corrected chi connectivity index (χ3v) is 10.7. The number of hydrogen-bond acceptors (Lipinski definition) is 8. The SMILES string of the molecule is Cc1ccc(S(=O)(=O)N2C[C@@H](C(=O)NCCOc3ccc(S(=O)(=O)N4CCOCC4)cc3)Oc3cc(C)ccc32)cc1. The number of nitrogens with one attached hydrogen (secondary N) is 1. The van der Waals surface area contributed by atoms with E-state index in [-0.39, 0.29) is 29.5 Å². The molecule has 1 N–H and O–H groups in total. The maximum absolute atomic E-state index is 13.6. The van der Waals surface area contributed by atoms with Crippen LogP contribution >= 0.6 is 0 Å². The molecule has 0 aromatic heterocycles. The van der Waals surface area contributed by atoms with Crippen LogP contribution < -0.4 is 19.1 Å². The zero-order valence-corrected chi connectivity index (χ0v) is 25.0. The number of carbonyl (C=O) groups is 1. The highest BCUT2D eigenvalue weighted by molar-refractivity contribution is 7.92. The van der Waals surface area contributed by atoms with E-state index < -0.39 is 32.1 Å². The fourth-order valence-corrected chi connectivity index (χ4v) is 7.55. The van der Waals surface area contributed by atoms with Gasteiger partial charge >= 0.3 is 0 Å². The molecule has 0 unspecified atom stereocenters. The lowest BCUT2D eigenvalue weighted by Crippen LogP contribution is -2.51. The molecule has 11 nitrogen and oxygen atoms in total. The molecule has 1 atom stereocenters. The largest absolute Gasteiger partial charge is 0.492 e. The van der Waals surface area contributed by atoms with E-state index in [0.29, 0.717) is 43.5 Å². The van der Waals surface area contributed by atoms with Gasteiger partial charge in [-0.15, -0.1) is 0 Å². The van der Waals surface area contributed by atoms with E-state index in [1.165, 1.54) is 20.7 Å². The van der Waals surface area contributed by atoms with E-state index in [1.54, 1.807) is 54.6 Å². The number of anilines is 1. The molecule has 2 aliphatic rings. The van der Waals surface area contributed by atoms with Gasteiger partial charge in [-0.1, -0.05) is 23.8 Å². The van der Waals surface area contributed by atoms with Gasteiger partial charge in [0, 0.05) is 13.1 Å². The molecule has 0 aliphatic carbocycles. The summed E-state index contributed by atoms with van der Waals surface area (Å²) in [6, 6.07) is 17.8.